The predicted molar refractivity (Wildman–Crippen MR) is 185 cm³/mol. The molecule has 0 radical (unpaired) electrons. The van der Waals surface area contributed by atoms with Crippen LogP contribution in [0.2, 0.25) is 0 Å². The molecule has 7 rings (SSSR count). The SMILES string of the molecule is NCc1ccc([C@@H]2O[C@H](CSc3nc(-c4ccccc4)c(-c4ccccc4)o3)C(c3ccccc3)[C@H](c3ccc(CO)cc3)O2)cc1. The van der Waals surface area contributed by atoms with Gasteiger partial charge in [-0.15, -0.1) is 0 Å². The highest BCUT2D eigenvalue weighted by Gasteiger charge is 2.42. The average Bonchev–Trinajstić information content (AvgIpc) is 3.59. The van der Waals surface area contributed by atoms with Crippen molar-refractivity contribution in [2.24, 2.45) is 5.73 Å². The van der Waals surface area contributed by atoms with Gasteiger partial charge >= 0.3 is 0 Å². The number of hydrogen-bond donors (Lipinski definition) is 2. The monoisotopic (exact) mass is 640 g/mol. The highest BCUT2D eigenvalue weighted by Crippen LogP contribution is 2.48. The first-order valence-corrected chi connectivity index (χ1v) is 16.8. The predicted octanol–water partition coefficient (Wildman–Crippen LogP) is 8.69. The lowest BCUT2D eigenvalue weighted by Gasteiger charge is -2.43. The molecule has 0 bridgehead atoms. The minimum atomic E-state index is -0.598. The van der Waals surface area contributed by atoms with Crippen LogP contribution in [0.3, 0.4) is 0 Å². The smallest absolute Gasteiger partial charge is 0.256 e. The van der Waals surface area contributed by atoms with Crippen LogP contribution in [0.4, 0.5) is 0 Å². The Morgan fingerprint density at radius 2 is 1.23 bits per heavy atom. The van der Waals surface area contributed by atoms with Crippen LogP contribution in [-0.4, -0.2) is 21.9 Å². The average molecular weight is 641 g/mol. The zero-order chi connectivity index (χ0) is 32.0. The van der Waals surface area contributed by atoms with Crippen molar-refractivity contribution < 1.29 is 19.0 Å². The minimum absolute atomic E-state index is 0.0154. The number of rotatable bonds is 10. The number of oxazole rings is 1. The second-order valence-electron chi connectivity index (χ2n) is 11.5. The normalized spacial score (nSPS) is 19.4. The molecule has 1 aliphatic rings. The van der Waals surface area contributed by atoms with E-state index in [9.17, 15) is 5.11 Å². The van der Waals surface area contributed by atoms with Crippen LogP contribution < -0.4 is 5.73 Å². The first-order valence-electron chi connectivity index (χ1n) is 15.8. The molecule has 1 fully saturated rings. The first-order chi connectivity index (χ1) is 23.2. The number of nitrogens with zero attached hydrogens (tertiary/aromatic N) is 1. The molecule has 1 unspecified atom stereocenters. The Balaban J connectivity index is 1.26. The lowest BCUT2D eigenvalue weighted by atomic mass is 9.84. The van der Waals surface area contributed by atoms with Gasteiger partial charge in [0, 0.05) is 34.9 Å². The van der Waals surface area contributed by atoms with Gasteiger partial charge in [-0.25, -0.2) is 4.98 Å². The van der Waals surface area contributed by atoms with E-state index in [0.29, 0.717) is 17.5 Å². The van der Waals surface area contributed by atoms with Crippen molar-refractivity contribution in [3.05, 3.63) is 167 Å². The molecule has 2 heterocycles. The molecule has 5 aromatic carbocycles. The van der Waals surface area contributed by atoms with Crippen LogP contribution in [0.15, 0.2) is 149 Å². The Morgan fingerprint density at radius 1 is 0.638 bits per heavy atom. The molecule has 3 N–H and O–H groups in total. The summed E-state index contributed by atoms with van der Waals surface area (Å²) in [5, 5.41) is 10.3. The fourth-order valence-corrected chi connectivity index (χ4v) is 6.95. The van der Waals surface area contributed by atoms with E-state index in [1.807, 2.05) is 103 Å². The molecule has 1 aromatic heterocycles. The number of aromatic nitrogens is 1. The number of benzene rings is 5. The minimum Gasteiger partial charge on any atom is -0.431 e. The van der Waals surface area contributed by atoms with E-state index in [1.165, 1.54) is 0 Å². The van der Waals surface area contributed by atoms with E-state index >= 15 is 0 Å². The van der Waals surface area contributed by atoms with Gasteiger partial charge in [0.2, 0.25) is 0 Å². The van der Waals surface area contributed by atoms with Crippen molar-refractivity contribution in [3.8, 4) is 22.6 Å². The number of aliphatic hydroxyl groups excluding tert-OH is 1. The van der Waals surface area contributed by atoms with E-state index in [0.717, 1.165) is 50.4 Å². The third-order valence-corrected chi connectivity index (χ3v) is 9.44. The number of nitrogens with two attached hydrogens (primary N) is 1. The molecule has 1 aliphatic heterocycles. The highest BCUT2D eigenvalue weighted by molar-refractivity contribution is 7.99. The van der Waals surface area contributed by atoms with E-state index in [-0.39, 0.29) is 24.7 Å². The summed E-state index contributed by atoms with van der Waals surface area (Å²) in [5.74, 6) is 1.20. The number of thioether (sulfide) groups is 1. The largest absolute Gasteiger partial charge is 0.431 e. The summed E-state index contributed by atoms with van der Waals surface area (Å²) >= 11 is 1.55. The molecular weight excluding hydrogens is 605 g/mol. The van der Waals surface area contributed by atoms with E-state index in [1.54, 1.807) is 11.8 Å². The molecule has 0 aliphatic carbocycles. The number of hydrogen-bond acceptors (Lipinski definition) is 7. The molecule has 236 valence electrons. The summed E-state index contributed by atoms with van der Waals surface area (Å²) in [5.41, 5.74) is 13.6. The van der Waals surface area contributed by atoms with Crippen molar-refractivity contribution in [3.63, 3.8) is 0 Å². The number of aliphatic hydroxyl groups is 1. The van der Waals surface area contributed by atoms with Crippen LogP contribution >= 0.6 is 11.8 Å². The number of ether oxygens (including phenoxy) is 2. The van der Waals surface area contributed by atoms with Gasteiger partial charge in [-0.05, 0) is 22.3 Å². The Hall–Kier alpha value is -4.50. The van der Waals surface area contributed by atoms with E-state index in [4.69, 9.17) is 24.6 Å². The molecule has 1 saturated heterocycles. The molecule has 7 heteroatoms. The Bertz CT molecular complexity index is 1810. The van der Waals surface area contributed by atoms with Crippen LogP contribution in [-0.2, 0) is 22.6 Å². The van der Waals surface area contributed by atoms with Crippen molar-refractivity contribution in [2.75, 3.05) is 5.75 Å². The van der Waals surface area contributed by atoms with Gasteiger partial charge in [0.1, 0.15) is 5.69 Å². The summed E-state index contributed by atoms with van der Waals surface area (Å²) in [6.07, 6.45) is -1.17. The molecular formula is C40H36N2O4S. The van der Waals surface area contributed by atoms with Crippen molar-refractivity contribution in [1.82, 2.24) is 4.98 Å². The van der Waals surface area contributed by atoms with Gasteiger partial charge < -0.3 is 24.7 Å². The highest BCUT2D eigenvalue weighted by atomic mass is 32.2. The van der Waals surface area contributed by atoms with Gasteiger partial charge in [0.15, 0.2) is 12.1 Å². The summed E-state index contributed by atoms with van der Waals surface area (Å²) < 4.78 is 20.2. The van der Waals surface area contributed by atoms with Gasteiger partial charge in [0.05, 0.1) is 18.8 Å². The maximum Gasteiger partial charge on any atom is 0.256 e. The molecule has 4 atom stereocenters. The van der Waals surface area contributed by atoms with Crippen LogP contribution in [0.25, 0.3) is 22.6 Å². The quantitative estimate of drug-likeness (QED) is 0.145. The topological polar surface area (TPSA) is 90.7 Å². The van der Waals surface area contributed by atoms with Crippen molar-refractivity contribution in [2.45, 2.75) is 42.8 Å². The lowest BCUT2D eigenvalue weighted by Crippen LogP contribution is -2.38. The third kappa shape index (κ3) is 6.95. The molecule has 0 saturated carbocycles. The van der Waals surface area contributed by atoms with Crippen LogP contribution in [0, 0.1) is 0 Å². The lowest BCUT2D eigenvalue weighted by molar-refractivity contribution is -0.255. The fourth-order valence-electron chi connectivity index (χ4n) is 6.06. The first kappa shape index (κ1) is 31.1. The third-order valence-electron chi connectivity index (χ3n) is 8.52. The second-order valence-corrected chi connectivity index (χ2v) is 12.5. The summed E-state index contributed by atoms with van der Waals surface area (Å²) in [7, 11) is 0. The van der Waals surface area contributed by atoms with E-state index < -0.39 is 6.29 Å². The van der Waals surface area contributed by atoms with E-state index in [2.05, 4.69) is 36.4 Å². The van der Waals surface area contributed by atoms with Gasteiger partial charge in [-0.2, -0.15) is 0 Å². The summed E-state index contributed by atoms with van der Waals surface area (Å²) in [6, 6.07) is 46.7. The summed E-state index contributed by atoms with van der Waals surface area (Å²) in [6.45, 7) is 0.451. The standard InChI is InChI=1S/C40H36N2O4S/c41-24-27-16-22-33(23-17-27)39-44-34(35(29-10-4-1-5-11-29)37(45-39)32-20-18-28(25-43)19-21-32)26-47-40-42-36(30-12-6-2-7-13-30)38(46-40)31-14-8-3-9-15-31/h1-23,34-35,37,39,43H,24-26,41H2/t34-,35?,37+,39-/m1/s1. The maximum absolute atomic E-state index is 9.71. The Morgan fingerprint density at radius 3 is 1.87 bits per heavy atom. The van der Waals surface area contributed by atoms with Crippen LogP contribution in [0.1, 0.15) is 46.1 Å². The fraction of sp³-hybridized carbons (Fsp3) is 0.175. The molecule has 6 nitrogen and oxygen atoms in total. The molecule has 6 aromatic rings. The van der Waals surface area contributed by atoms with Crippen molar-refractivity contribution in [1.29, 1.82) is 0 Å². The summed E-state index contributed by atoms with van der Waals surface area (Å²) in [4.78, 5) is 5.01. The second kappa shape index (κ2) is 14.5. The Kier molecular flexibility index (Phi) is 9.60. The molecule has 0 spiro atoms. The molecule has 0 amide bonds. The zero-order valence-electron chi connectivity index (χ0n) is 25.8. The van der Waals surface area contributed by atoms with Crippen molar-refractivity contribution >= 4 is 11.8 Å². The van der Waals surface area contributed by atoms with Crippen LogP contribution in [0.5, 0.6) is 0 Å². The zero-order valence-corrected chi connectivity index (χ0v) is 26.6. The Labute approximate surface area is 279 Å². The molecule has 47 heavy (non-hydrogen) atoms. The van der Waals surface area contributed by atoms with Gasteiger partial charge in [-0.3, -0.25) is 0 Å². The maximum atomic E-state index is 9.71. The van der Waals surface area contributed by atoms with Gasteiger partial charge in [-0.1, -0.05) is 151 Å². The van der Waals surface area contributed by atoms with Gasteiger partial charge in [0.25, 0.3) is 5.22 Å².